The molecule has 35 heavy (non-hydrogen) atoms. The highest BCUT2D eigenvalue weighted by atomic mass is 16.5. The highest BCUT2D eigenvalue weighted by molar-refractivity contribution is 6.08. The van der Waals surface area contributed by atoms with Crippen molar-refractivity contribution in [1.29, 1.82) is 0 Å². The van der Waals surface area contributed by atoms with Crippen LogP contribution in [0.2, 0.25) is 0 Å². The zero-order valence-corrected chi connectivity index (χ0v) is 20.1. The molecule has 0 fully saturated rings. The Morgan fingerprint density at radius 2 is 1.91 bits per heavy atom. The van der Waals surface area contributed by atoms with Crippen LogP contribution in [0.15, 0.2) is 60.7 Å². The fourth-order valence-electron chi connectivity index (χ4n) is 4.32. The number of unbranched alkanes of at least 4 members (excludes halogenated alkanes) is 1. The molecule has 1 aliphatic rings. The number of fused-ring (bicyclic) bond motifs is 1. The van der Waals surface area contributed by atoms with Crippen molar-refractivity contribution in [3.63, 3.8) is 0 Å². The molecule has 0 aromatic heterocycles. The van der Waals surface area contributed by atoms with Crippen LogP contribution in [-0.4, -0.2) is 48.8 Å². The van der Waals surface area contributed by atoms with E-state index in [1.54, 1.807) is 54.3 Å². The fraction of sp³-hybridized carbons (Fsp3) is 0.370. The number of rotatable bonds is 12. The number of carbonyl (C=O) groups excluding carboxylic acids is 3. The van der Waals surface area contributed by atoms with Gasteiger partial charge >= 0.3 is 5.97 Å². The van der Waals surface area contributed by atoms with Crippen molar-refractivity contribution in [2.24, 2.45) is 5.92 Å². The topological polar surface area (TPSA) is 107 Å². The minimum absolute atomic E-state index is 0.0337. The number of methoxy groups -OCH3 is 1. The van der Waals surface area contributed by atoms with Gasteiger partial charge < -0.3 is 19.8 Å². The zero-order valence-electron chi connectivity index (χ0n) is 20.1. The average molecular weight is 481 g/mol. The maximum absolute atomic E-state index is 13.6. The van der Waals surface area contributed by atoms with E-state index in [1.807, 2.05) is 18.2 Å². The van der Waals surface area contributed by atoms with Crippen molar-refractivity contribution in [2.75, 3.05) is 30.1 Å². The van der Waals surface area contributed by atoms with Gasteiger partial charge in [-0.1, -0.05) is 37.3 Å². The second kappa shape index (κ2) is 11.8. The summed E-state index contributed by atoms with van der Waals surface area (Å²) in [6, 6.07) is 14.3. The Morgan fingerprint density at radius 3 is 2.57 bits per heavy atom. The molecule has 2 aromatic carbocycles. The van der Waals surface area contributed by atoms with Crippen LogP contribution in [0.3, 0.4) is 0 Å². The third kappa shape index (κ3) is 5.44. The monoisotopic (exact) mass is 480 g/mol. The van der Waals surface area contributed by atoms with Crippen LogP contribution in [0.1, 0.15) is 38.2 Å². The molecule has 2 aromatic rings. The van der Waals surface area contributed by atoms with Gasteiger partial charge in [0.05, 0.1) is 12.8 Å². The lowest BCUT2D eigenvalue weighted by Gasteiger charge is -2.28. The molecule has 0 aliphatic carbocycles. The van der Waals surface area contributed by atoms with Crippen molar-refractivity contribution >= 4 is 35.3 Å². The fourth-order valence-corrected chi connectivity index (χ4v) is 4.32. The van der Waals surface area contributed by atoms with Gasteiger partial charge in [-0.2, -0.15) is 0 Å². The lowest BCUT2D eigenvalue weighted by molar-refractivity contribution is -0.140. The quantitative estimate of drug-likeness (QED) is 0.209. The smallest absolute Gasteiger partial charge is 0.305 e. The van der Waals surface area contributed by atoms with Crippen LogP contribution in [0, 0.1) is 5.92 Å². The molecule has 2 atom stereocenters. The summed E-state index contributed by atoms with van der Waals surface area (Å²) in [4.78, 5) is 40.0. The number of aliphatic hydroxyl groups is 2. The number of para-hydroxylation sites is 1. The van der Waals surface area contributed by atoms with E-state index < -0.39 is 17.4 Å². The molecule has 0 bridgehead atoms. The summed E-state index contributed by atoms with van der Waals surface area (Å²) in [6.07, 6.45) is 5.91. The molecule has 1 heterocycles. The predicted molar refractivity (Wildman–Crippen MR) is 133 cm³/mol. The van der Waals surface area contributed by atoms with Crippen LogP contribution in [0.4, 0.5) is 17.1 Å². The third-order valence-corrected chi connectivity index (χ3v) is 6.29. The average Bonchev–Trinajstić information content (AvgIpc) is 3.09. The molecular formula is C27H32N2O6. The molecule has 0 unspecified atom stereocenters. The molecule has 186 valence electrons. The van der Waals surface area contributed by atoms with Crippen molar-refractivity contribution < 1.29 is 29.3 Å². The Balaban J connectivity index is 1.98. The number of anilines is 3. The molecule has 0 spiro atoms. The Kier molecular flexibility index (Phi) is 8.78. The first kappa shape index (κ1) is 26.1. The Bertz CT molecular complexity index is 1070. The SMILES string of the molecule is COC(=O)CCCCN1C(=O)[C@@](O)([C@@H](C)/C=C/CCO)c2cc(N(C=O)c3ccccc3)ccc21. The molecule has 1 aliphatic heterocycles. The standard InChI is InChI=1S/C27H32N2O6/c1-20(10-7-9-17-30)27(34)23-18-22(29(19-31)21-11-4-3-5-12-21)14-15-24(23)28(26(27)33)16-8-6-13-25(32)35-2/h3-5,7,10-12,14-15,18-20,30,34H,6,8-9,13,16-17H2,1-2H3/b10-7+/t20-,27+/m0/s1. The van der Waals surface area contributed by atoms with Crippen LogP contribution in [-0.2, 0) is 24.7 Å². The Hall–Kier alpha value is -3.49. The zero-order chi connectivity index (χ0) is 25.4. The number of hydrogen-bond donors (Lipinski definition) is 2. The van der Waals surface area contributed by atoms with E-state index in [9.17, 15) is 19.5 Å². The normalized spacial score (nSPS) is 17.9. The summed E-state index contributed by atoms with van der Waals surface area (Å²) >= 11 is 0. The van der Waals surface area contributed by atoms with Crippen LogP contribution < -0.4 is 9.80 Å². The second-order valence-corrected chi connectivity index (χ2v) is 8.50. The number of nitrogens with zero attached hydrogens (tertiary/aromatic N) is 2. The molecule has 0 saturated heterocycles. The molecule has 3 rings (SSSR count). The molecular weight excluding hydrogens is 448 g/mol. The molecule has 0 saturated carbocycles. The van der Waals surface area contributed by atoms with Crippen molar-refractivity contribution in [3.8, 4) is 0 Å². The molecule has 8 heteroatoms. The van der Waals surface area contributed by atoms with Crippen molar-refractivity contribution in [2.45, 2.75) is 38.2 Å². The van der Waals surface area contributed by atoms with Gasteiger partial charge in [0.2, 0.25) is 6.41 Å². The predicted octanol–water partition coefficient (Wildman–Crippen LogP) is 3.43. The number of aliphatic hydroxyl groups excluding tert-OH is 1. The summed E-state index contributed by atoms with van der Waals surface area (Å²) in [5.74, 6) is -1.35. The first-order valence-electron chi connectivity index (χ1n) is 11.7. The van der Waals surface area contributed by atoms with E-state index in [1.165, 1.54) is 12.0 Å². The molecule has 2 N–H and O–H groups in total. The van der Waals surface area contributed by atoms with Gasteiger partial charge in [0, 0.05) is 42.4 Å². The highest BCUT2D eigenvalue weighted by Crippen LogP contribution is 2.47. The van der Waals surface area contributed by atoms with Crippen LogP contribution >= 0.6 is 0 Å². The van der Waals surface area contributed by atoms with Crippen molar-refractivity contribution in [3.05, 3.63) is 66.2 Å². The van der Waals surface area contributed by atoms with Gasteiger partial charge in [-0.25, -0.2) is 0 Å². The Labute approximate surface area is 205 Å². The van der Waals surface area contributed by atoms with Gasteiger partial charge in [0.15, 0.2) is 5.60 Å². The minimum atomic E-state index is -1.84. The molecule has 2 amide bonds. The maximum atomic E-state index is 13.6. The van der Waals surface area contributed by atoms with Gasteiger partial charge in [0.1, 0.15) is 0 Å². The highest BCUT2D eigenvalue weighted by Gasteiger charge is 2.52. The number of ether oxygens (including phenoxy) is 1. The van der Waals surface area contributed by atoms with Crippen LogP contribution in [0.25, 0.3) is 0 Å². The third-order valence-electron chi connectivity index (χ3n) is 6.29. The first-order valence-corrected chi connectivity index (χ1v) is 11.7. The van der Waals surface area contributed by atoms with E-state index in [0.717, 1.165) is 0 Å². The number of esters is 1. The van der Waals surface area contributed by atoms with Crippen molar-refractivity contribution in [1.82, 2.24) is 0 Å². The van der Waals surface area contributed by atoms with E-state index in [-0.39, 0.29) is 19.0 Å². The van der Waals surface area contributed by atoms with Crippen LogP contribution in [0.5, 0.6) is 0 Å². The number of amides is 2. The summed E-state index contributed by atoms with van der Waals surface area (Å²) in [7, 11) is 1.34. The minimum Gasteiger partial charge on any atom is -0.469 e. The number of carbonyl (C=O) groups is 3. The number of benzene rings is 2. The first-order chi connectivity index (χ1) is 16.9. The molecule has 0 radical (unpaired) electrons. The maximum Gasteiger partial charge on any atom is 0.305 e. The molecule has 8 nitrogen and oxygen atoms in total. The van der Waals surface area contributed by atoms with Gasteiger partial charge in [-0.3, -0.25) is 19.3 Å². The van der Waals surface area contributed by atoms with Gasteiger partial charge in [-0.05, 0) is 49.6 Å². The summed E-state index contributed by atoms with van der Waals surface area (Å²) in [5, 5.41) is 20.9. The Morgan fingerprint density at radius 1 is 1.17 bits per heavy atom. The van der Waals surface area contributed by atoms with E-state index in [4.69, 9.17) is 5.11 Å². The summed E-state index contributed by atoms with van der Waals surface area (Å²) < 4.78 is 4.68. The van der Waals surface area contributed by atoms with Gasteiger partial charge in [-0.15, -0.1) is 0 Å². The lowest BCUT2D eigenvalue weighted by Crippen LogP contribution is -2.44. The summed E-state index contributed by atoms with van der Waals surface area (Å²) in [5.41, 5.74) is 0.323. The largest absolute Gasteiger partial charge is 0.469 e. The second-order valence-electron chi connectivity index (χ2n) is 8.50. The van der Waals surface area contributed by atoms with E-state index in [0.29, 0.717) is 54.8 Å². The van der Waals surface area contributed by atoms with E-state index >= 15 is 0 Å². The van der Waals surface area contributed by atoms with Gasteiger partial charge in [0.25, 0.3) is 5.91 Å². The number of hydrogen-bond acceptors (Lipinski definition) is 6. The lowest BCUT2D eigenvalue weighted by atomic mass is 9.82. The van der Waals surface area contributed by atoms with E-state index in [2.05, 4.69) is 4.74 Å². The summed E-state index contributed by atoms with van der Waals surface area (Å²) in [6.45, 7) is 2.04.